The van der Waals surface area contributed by atoms with Crippen molar-refractivity contribution in [3.8, 4) is 0 Å². The molecule has 4 heteroatoms. The SMILES string of the molecule is O=C1CCC(Cc2ccccc2Cl)C(=O)N1. The molecule has 0 aliphatic carbocycles. The van der Waals surface area contributed by atoms with Crippen LogP contribution in [0.1, 0.15) is 18.4 Å². The molecule has 1 fully saturated rings. The number of hydrogen-bond donors (Lipinski definition) is 1. The van der Waals surface area contributed by atoms with Gasteiger partial charge in [0.2, 0.25) is 11.8 Å². The highest BCUT2D eigenvalue weighted by molar-refractivity contribution is 6.31. The molecule has 0 bridgehead atoms. The molecule has 1 heterocycles. The highest BCUT2D eigenvalue weighted by Gasteiger charge is 2.26. The van der Waals surface area contributed by atoms with Crippen molar-refractivity contribution >= 4 is 23.4 Å². The van der Waals surface area contributed by atoms with Crippen LogP contribution < -0.4 is 5.32 Å². The Bertz CT molecular complexity index is 431. The van der Waals surface area contributed by atoms with Crippen LogP contribution in [0.5, 0.6) is 0 Å². The van der Waals surface area contributed by atoms with Gasteiger partial charge in [-0.05, 0) is 24.5 Å². The van der Waals surface area contributed by atoms with Crippen molar-refractivity contribution in [3.63, 3.8) is 0 Å². The topological polar surface area (TPSA) is 46.2 Å². The number of imide groups is 1. The first kappa shape index (κ1) is 11.1. The van der Waals surface area contributed by atoms with E-state index in [0.717, 1.165) is 5.56 Å². The highest BCUT2D eigenvalue weighted by Crippen LogP contribution is 2.22. The maximum absolute atomic E-state index is 11.5. The molecule has 0 radical (unpaired) electrons. The molecule has 0 spiro atoms. The molecule has 0 aromatic heterocycles. The third-order valence-corrected chi connectivity index (χ3v) is 3.15. The minimum atomic E-state index is -0.184. The fourth-order valence-electron chi connectivity index (χ4n) is 1.86. The van der Waals surface area contributed by atoms with Gasteiger partial charge < -0.3 is 0 Å². The number of benzene rings is 1. The van der Waals surface area contributed by atoms with Crippen LogP contribution in [-0.4, -0.2) is 11.8 Å². The van der Waals surface area contributed by atoms with Crippen LogP contribution in [0, 0.1) is 5.92 Å². The quantitative estimate of drug-likeness (QED) is 0.799. The first-order chi connectivity index (χ1) is 7.66. The Morgan fingerprint density at radius 1 is 1.31 bits per heavy atom. The van der Waals surface area contributed by atoms with Crippen molar-refractivity contribution in [1.29, 1.82) is 0 Å². The highest BCUT2D eigenvalue weighted by atomic mass is 35.5. The standard InChI is InChI=1S/C12H12ClNO2/c13-10-4-2-1-3-8(10)7-9-5-6-11(15)14-12(9)16/h1-4,9H,5-7H2,(H,14,15,16). The number of rotatable bonds is 2. The molecule has 1 saturated heterocycles. The fraction of sp³-hybridized carbons (Fsp3) is 0.333. The summed E-state index contributed by atoms with van der Waals surface area (Å²) in [7, 11) is 0. The molecular formula is C12H12ClNO2. The molecule has 0 saturated carbocycles. The van der Waals surface area contributed by atoms with E-state index in [2.05, 4.69) is 5.32 Å². The molecule has 1 aromatic rings. The molecule has 1 aliphatic rings. The number of amides is 2. The summed E-state index contributed by atoms with van der Waals surface area (Å²) in [5, 5.41) is 3.02. The smallest absolute Gasteiger partial charge is 0.230 e. The molecule has 84 valence electrons. The molecular weight excluding hydrogens is 226 g/mol. The zero-order valence-corrected chi connectivity index (χ0v) is 9.46. The second-order valence-corrected chi connectivity index (χ2v) is 4.35. The second-order valence-electron chi connectivity index (χ2n) is 3.94. The van der Waals surface area contributed by atoms with Crippen molar-refractivity contribution in [3.05, 3.63) is 34.9 Å². The van der Waals surface area contributed by atoms with Gasteiger partial charge in [-0.2, -0.15) is 0 Å². The summed E-state index contributed by atoms with van der Waals surface area (Å²) in [6.07, 6.45) is 1.62. The van der Waals surface area contributed by atoms with Gasteiger partial charge in [0, 0.05) is 17.4 Å². The number of carbonyl (C=O) groups is 2. The predicted octanol–water partition coefficient (Wildman–Crippen LogP) is 1.94. The Kier molecular flexibility index (Phi) is 3.25. The van der Waals surface area contributed by atoms with E-state index in [1.807, 2.05) is 24.3 Å². The largest absolute Gasteiger partial charge is 0.296 e. The van der Waals surface area contributed by atoms with Crippen LogP contribution in [-0.2, 0) is 16.0 Å². The van der Waals surface area contributed by atoms with Crippen molar-refractivity contribution in [1.82, 2.24) is 5.32 Å². The van der Waals surface area contributed by atoms with Gasteiger partial charge in [-0.1, -0.05) is 29.8 Å². The Balaban J connectivity index is 2.08. The lowest BCUT2D eigenvalue weighted by molar-refractivity contribution is -0.136. The maximum atomic E-state index is 11.5. The van der Waals surface area contributed by atoms with Gasteiger partial charge in [0.1, 0.15) is 0 Å². The third-order valence-electron chi connectivity index (χ3n) is 2.78. The van der Waals surface area contributed by atoms with Gasteiger partial charge in [0.25, 0.3) is 0 Å². The van der Waals surface area contributed by atoms with Gasteiger partial charge in [-0.25, -0.2) is 0 Å². The number of nitrogens with one attached hydrogen (secondary N) is 1. The van der Waals surface area contributed by atoms with Crippen LogP contribution in [0.25, 0.3) is 0 Å². The average molecular weight is 238 g/mol. The summed E-state index contributed by atoms with van der Waals surface area (Å²) in [4.78, 5) is 22.5. The minimum absolute atomic E-state index is 0.141. The van der Waals surface area contributed by atoms with Crippen molar-refractivity contribution in [2.75, 3.05) is 0 Å². The van der Waals surface area contributed by atoms with E-state index in [1.165, 1.54) is 0 Å². The lowest BCUT2D eigenvalue weighted by Crippen LogP contribution is -2.41. The first-order valence-corrected chi connectivity index (χ1v) is 5.61. The van der Waals surface area contributed by atoms with Gasteiger partial charge in [0.05, 0.1) is 0 Å². The van der Waals surface area contributed by atoms with Gasteiger partial charge in [0.15, 0.2) is 0 Å². The monoisotopic (exact) mass is 237 g/mol. The van der Waals surface area contributed by atoms with Crippen molar-refractivity contribution < 1.29 is 9.59 Å². The zero-order valence-electron chi connectivity index (χ0n) is 8.70. The molecule has 1 N–H and O–H groups in total. The van der Waals surface area contributed by atoms with Crippen molar-refractivity contribution in [2.45, 2.75) is 19.3 Å². The molecule has 3 nitrogen and oxygen atoms in total. The number of hydrogen-bond acceptors (Lipinski definition) is 2. The summed E-state index contributed by atoms with van der Waals surface area (Å²) in [6, 6.07) is 7.47. The Morgan fingerprint density at radius 2 is 2.06 bits per heavy atom. The van der Waals surface area contributed by atoms with Gasteiger partial charge >= 0.3 is 0 Å². The Hall–Kier alpha value is -1.35. The molecule has 1 atom stereocenters. The number of piperidine rings is 1. The third kappa shape index (κ3) is 2.42. The average Bonchev–Trinajstić information content (AvgIpc) is 2.25. The van der Waals surface area contributed by atoms with Crippen LogP contribution in [0.15, 0.2) is 24.3 Å². The fourth-order valence-corrected chi connectivity index (χ4v) is 2.08. The van der Waals surface area contributed by atoms with Crippen LogP contribution in [0.4, 0.5) is 0 Å². The van der Waals surface area contributed by atoms with E-state index in [9.17, 15) is 9.59 Å². The van der Waals surface area contributed by atoms with Gasteiger partial charge in [-0.3, -0.25) is 14.9 Å². The predicted molar refractivity (Wildman–Crippen MR) is 61.0 cm³/mol. The molecule has 16 heavy (non-hydrogen) atoms. The first-order valence-electron chi connectivity index (χ1n) is 5.24. The molecule has 1 aliphatic heterocycles. The number of carbonyl (C=O) groups excluding carboxylic acids is 2. The lowest BCUT2D eigenvalue weighted by Gasteiger charge is -2.20. The Morgan fingerprint density at radius 3 is 2.75 bits per heavy atom. The molecule has 2 amide bonds. The van der Waals surface area contributed by atoms with E-state index in [1.54, 1.807) is 0 Å². The molecule has 1 unspecified atom stereocenters. The zero-order chi connectivity index (χ0) is 11.5. The Labute approximate surface area is 98.8 Å². The second kappa shape index (κ2) is 4.66. The lowest BCUT2D eigenvalue weighted by atomic mass is 9.91. The van der Waals surface area contributed by atoms with Crippen molar-refractivity contribution in [2.24, 2.45) is 5.92 Å². The minimum Gasteiger partial charge on any atom is -0.296 e. The van der Waals surface area contributed by atoms with E-state index >= 15 is 0 Å². The maximum Gasteiger partial charge on any atom is 0.230 e. The van der Waals surface area contributed by atoms with Crippen LogP contribution in [0.3, 0.4) is 0 Å². The van der Waals surface area contributed by atoms with E-state index in [4.69, 9.17) is 11.6 Å². The summed E-state index contributed by atoms with van der Waals surface area (Å²) < 4.78 is 0. The number of halogens is 1. The van der Waals surface area contributed by atoms with E-state index in [-0.39, 0.29) is 17.7 Å². The molecule has 1 aromatic carbocycles. The summed E-state index contributed by atoms with van der Waals surface area (Å²) in [5.41, 5.74) is 0.957. The molecule has 2 rings (SSSR count). The van der Waals surface area contributed by atoms with Gasteiger partial charge in [-0.15, -0.1) is 0 Å². The summed E-state index contributed by atoms with van der Waals surface area (Å²) in [5.74, 6) is -0.505. The van der Waals surface area contributed by atoms with Crippen LogP contribution in [0.2, 0.25) is 5.02 Å². The normalized spacial score (nSPS) is 20.7. The van der Waals surface area contributed by atoms with E-state index in [0.29, 0.717) is 24.3 Å². The van der Waals surface area contributed by atoms with E-state index < -0.39 is 0 Å². The van der Waals surface area contributed by atoms with Crippen LogP contribution >= 0.6 is 11.6 Å². The summed E-state index contributed by atoms with van der Waals surface area (Å²) in [6.45, 7) is 0. The summed E-state index contributed by atoms with van der Waals surface area (Å²) >= 11 is 6.02.